The van der Waals surface area contributed by atoms with Crippen LogP contribution in [-0.2, 0) is 6.54 Å². The zero-order valence-corrected chi connectivity index (χ0v) is 17.2. The normalized spacial score (nSPS) is 21.5. The van der Waals surface area contributed by atoms with Crippen LogP contribution < -0.4 is 4.74 Å². The molecule has 6 heteroatoms. The quantitative estimate of drug-likeness (QED) is 0.705. The smallest absolute Gasteiger partial charge is 0.119 e. The van der Waals surface area contributed by atoms with Crippen LogP contribution in [-0.4, -0.2) is 83.1 Å². The van der Waals surface area contributed by atoms with E-state index in [9.17, 15) is 10.2 Å². The zero-order valence-electron chi connectivity index (χ0n) is 16.4. The number of rotatable bonds is 8. The van der Waals surface area contributed by atoms with Crippen LogP contribution in [0.15, 0.2) is 24.3 Å². The predicted octanol–water partition coefficient (Wildman–Crippen LogP) is 2.21. The first kappa shape index (κ1) is 20.9. The number of aliphatic hydroxyl groups excluding tert-OH is 2. The molecule has 3 rings (SSSR count). The van der Waals surface area contributed by atoms with Crippen LogP contribution in [0.25, 0.3) is 0 Å². The van der Waals surface area contributed by atoms with Crippen molar-refractivity contribution in [3.05, 3.63) is 29.8 Å². The molecule has 0 amide bonds. The lowest BCUT2D eigenvalue weighted by atomic mass is 10.1. The summed E-state index contributed by atoms with van der Waals surface area (Å²) in [5.74, 6) is 3.37. The van der Waals surface area contributed by atoms with Crippen LogP contribution in [0.3, 0.4) is 0 Å². The Balaban J connectivity index is 1.43. The number of ether oxygens (including phenoxy) is 1. The molecule has 2 heterocycles. The monoisotopic (exact) mass is 394 g/mol. The van der Waals surface area contributed by atoms with Gasteiger partial charge in [0, 0.05) is 32.2 Å². The zero-order chi connectivity index (χ0) is 19.1. The van der Waals surface area contributed by atoms with E-state index < -0.39 is 6.10 Å². The van der Waals surface area contributed by atoms with Crippen LogP contribution in [0.1, 0.15) is 31.2 Å². The molecule has 2 aliphatic rings. The van der Waals surface area contributed by atoms with Crippen molar-refractivity contribution in [1.82, 2.24) is 9.80 Å². The Labute approximate surface area is 167 Å². The van der Waals surface area contributed by atoms with Crippen molar-refractivity contribution in [3.8, 4) is 5.75 Å². The van der Waals surface area contributed by atoms with E-state index in [1.54, 1.807) is 0 Å². The Morgan fingerprint density at radius 2 is 1.96 bits per heavy atom. The molecule has 0 aliphatic carbocycles. The average Bonchev–Trinajstić information content (AvgIpc) is 2.69. The maximum Gasteiger partial charge on any atom is 0.119 e. The first-order valence-electron chi connectivity index (χ1n) is 10.2. The fourth-order valence-corrected chi connectivity index (χ4v) is 5.00. The Hall–Kier alpha value is -0.790. The second-order valence-electron chi connectivity index (χ2n) is 7.90. The van der Waals surface area contributed by atoms with Gasteiger partial charge in [-0.3, -0.25) is 4.90 Å². The minimum atomic E-state index is -0.508. The van der Waals surface area contributed by atoms with Crippen LogP contribution in [0.2, 0.25) is 0 Å². The van der Waals surface area contributed by atoms with E-state index in [0.717, 1.165) is 38.2 Å². The van der Waals surface area contributed by atoms with Crippen LogP contribution in [0, 0.1) is 0 Å². The number of piperidine rings is 1. The predicted molar refractivity (Wildman–Crippen MR) is 111 cm³/mol. The van der Waals surface area contributed by atoms with E-state index >= 15 is 0 Å². The van der Waals surface area contributed by atoms with Gasteiger partial charge in [0.15, 0.2) is 0 Å². The van der Waals surface area contributed by atoms with Gasteiger partial charge in [-0.15, -0.1) is 0 Å². The fraction of sp³-hybridized carbons (Fsp3) is 0.714. The molecule has 2 aliphatic heterocycles. The molecule has 1 aromatic rings. The SMILES string of the molecule is CN(Cc1cccc(OC[C@@H](O)CN2CCC(O)CC2)c1)C1CCSCC1. The number of benzene rings is 1. The highest BCUT2D eigenvalue weighted by atomic mass is 32.2. The Morgan fingerprint density at radius 3 is 2.70 bits per heavy atom. The molecule has 2 fully saturated rings. The van der Waals surface area contributed by atoms with Crippen molar-refractivity contribution >= 4 is 11.8 Å². The summed E-state index contributed by atoms with van der Waals surface area (Å²) in [6.45, 7) is 3.54. The summed E-state index contributed by atoms with van der Waals surface area (Å²) in [6.07, 6.45) is 3.45. The number of nitrogens with zero attached hydrogens (tertiary/aromatic N) is 2. The molecule has 1 atom stereocenters. The molecule has 0 radical (unpaired) electrons. The Bertz CT molecular complexity index is 560. The van der Waals surface area contributed by atoms with Gasteiger partial charge in [-0.25, -0.2) is 0 Å². The van der Waals surface area contributed by atoms with Gasteiger partial charge >= 0.3 is 0 Å². The largest absolute Gasteiger partial charge is 0.491 e. The minimum Gasteiger partial charge on any atom is -0.491 e. The van der Waals surface area contributed by atoms with Crippen molar-refractivity contribution in [2.45, 2.75) is 50.5 Å². The van der Waals surface area contributed by atoms with Crippen LogP contribution in [0.5, 0.6) is 5.75 Å². The van der Waals surface area contributed by atoms with E-state index in [4.69, 9.17) is 4.74 Å². The molecule has 27 heavy (non-hydrogen) atoms. The molecular formula is C21H34N2O3S. The van der Waals surface area contributed by atoms with Crippen LogP contribution in [0.4, 0.5) is 0 Å². The molecule has 0 spiro atoms. The van der Waals surface area contributed by atoms with Gasteiger partial charge in [-0.1, -0.05) is 12.1 Å². The topological polar surface area (TPSA) is 56.2 Å². The molecule has 2 N–H and O–H groups in total. The van der Waals surface area contributed by atoms with Gasteiger partial charge in [0.25, 0.3) is 0 Å². The first-order chi connectivity index (χ1) is 13.1. The molecule has 5 nitrogen and oxygen atoms in total. The molecule has 0 saturated carbocycles. The third-order valence-corrected chi connectivity index (χ3v) is 6.66. The van der Waals surface area contributed by atoms with E-state index in [1.807, 2.05) is 12.1 Å². The highest BCUT2D eigenvalue weighted by Gasteiger charge is 2.20. The van der Waals surface area contributed by atoms with Gasteiger partial charge in [0.05, 0.1) is 6.10 Å². The standard InChI is InChI=1S/C21H34N2O3S/c1-22(18-7-11-27-12-8-18)14-17-3-2-4-21(13-17)26-16-20(25)15-23-9-5-19(24)6-10-23/h2-4,13,18-20,24-25H,5-12,14-16H2,1H3/t20-/m0/s1. The molecule has 152 valence electrons. The fourth-order valence-electron chi connectivity index (χ4n) is 3.92. The first-order valence-corrected chi connectivity index (χ1v) is 11.3. The Morgan fingerprint density at radius 1 is 1.22 bits per heavy atom. The lowest BCUT2D eigenvalue weighted by Gasteiger charge is -2.31. The summed E-state index contributed by atoms with van der Waals surface area (Å²) in [6, 6.07) is 8.92. The molecule has 0 unspecified atom stereocenters. The van der Waals surface area contributed by atoms with Gasteiger partial charge in [-0.05, 0) is 61.9 Å². The molecule has 0 aromatic heterocycles. The summed E-state index contributed by atoms with van der Waals surface area (Å²) in [5.41, 5.74) is 1.26. The highest BCUT2D eigenvalue weighted by Crippen LogP contribution is 2.23. The number of likely N-dealkylation sites (tertiary alicyclic amines) is 1. The number of hydrogen-bond donors (Lipinski definition) is 2. The summed E-state index contributed by atoms with van der Waals surface area (Å²) < 4.78 is 5.85. The summed E-state index contributed by atoms with van der Waals surface area (Å²) in [7, 11) is 2.22. The molecular weight excluding hydrogens is 360 g/mol. The Kier molecular flexibility index (Phi) is 8.27. The number of hydrogen-bond acceptors (Lipinski definition) is 6. The average molecular weight is 395 g/mol. The van der Waals surface area contributed by atoms with E-state index in [0.29, 0.717) is 19.2 Å². The van der Waals surface area contributed by atoms with E-state index in [2.05, 4.69) is 40.7 Å². The summed E-state index contributed by atoms with van der Waals surface area (Å²) in [4.78, 5) is 4.66. The summed E-state index contributed by atoms with van der Waals surface area (Å²) in [5, 5.41) is 19.8. The van der Waals surface area contributed by atoms with Crippen molar-refractivity contribution < 1.29 is 14.9 Å². The second kappa shape index (κ2) is 10.7. The number of thioether (sulfide) groups is 1. The number of β-amino-alcohol motifs (C(OH)–C–C–N with tert-alkyl or cyclic N) is 1. The summed E-state index contributed by atoms with van der Waals surface area (Å²) >= 11 is 2.06. The second-order valence-corrected chi connectivity index (χ2v) is 9.13. The van der Waals surface area contributed by atoms with Crippen molar-refractivity contribution in [1.29, 1.82) is 0 Å². The van der Waals surface area contributed by atoms with Gasteiger partial charge in [0.2, 0.25) is 0 Å². The van der Waals surface area contributed by atoms with Crippen molar-refractivity contribution in [2.75, 3.05) is 44.8 Å². The van der Waals surface area contributed by atoms with Crippen molar-refractivity contribution in [2.24, 2.45) is 0 Å². The number of aliphatic hydroxyl groups is 2. The third-order valence-electron chi connectivity index (χ3n) is 5.61. The molecule has 2 saturated heterocycles. The maximum absolute atomic E-state index is 10.3. The van der Waals surface area contributed by atoms with Crippen LogP contribution >= 0.6 is 11.8 Å². The van der Waals surface area contributed by atoms with Crippen molar-refractivity contribution in [3.63, 3.8) is 0 Å². The minimum absolute atomic E-state index is 0.178. The van der Waals surface area contributed by atoms with Gasteiger partial charge < -0.3 is 19.8 Å². The maximum atomic E-state index is 10.3. The molecule has 0 bridgehead atoms. The lowest BCUT2D eigenvalue weighted by molar-refractivity contribution is 0.0337. The molecule has 1 aromatic carbocycles. The highest BCUT2D eigenvalue weighted by molar-refractivity contribution is 7.99. The third kappa shape index (κ3) is 6.95. The lowest BCUT2D eigenvalue weighted by Crippen LogP contribution is -2.41. The van der Waals surface area contributed by atoms with E-state index in [1.165, 1.54) is 29.9 Å². The van der Waals surface area contributed by atoms with Gasteiger partial charge in [-0.2, -0.15) is 11.8 Å². The van der Waals surface area contributed by atoms with Gasteiger partial charge in [0.1, 0.15) is 18.5 Å². The van der Waals surface area contributed by atoms with E-state index in [-0.39, 0.29) is 6.10 Å².